The molecule has 1 aromatic carbocycles. The quantitative estimate of drug-likeness (QED) is 0.701. The monoisotopic (exact) mass is 244 g/mol. The maximum Gasteiger partial charge on any atom is 0.0130 e. The Labute approximate surface area is 75.8 Å². The van der Waals surface area contributed by atoms with Gasteiger partial charge in [-0.25, -0.2) is 0 Å². The van der Waals surface area contributed by atoms with Gasteiger partial charge >= 0.3 is 0 Å². The summed E-state index contributed by atoms with van der Waals surface area (Å²) in [5, 5.41) is 0. The first-order valence-corrected chi connectivity index (χ1v) is 4.29. The van der Waals surface area contributed by atoms with Gasteiger partial charge in [-0.2, -0.15) is 0 Å². The van der Waals surface area contributed by atoms with Gasteiger partial charge in [0.15, 0.2) is 0 Å². The molecule has 1 rings (SSSR count). The molecule has 0 amide bonds. The number of rotatable bonds is 2. The van der Waals surface area contributed by atoms with E-state index in [0.29, 0.717) is 0 Å². The van der Waals surface area contributed by atoms with E-state index in [2.05, 4.69) is 60.2 Å². The van der Waals surface area contributed by atoms with Gasteiger partial charge in [-0.15, -0.1) is 0 Å². The fraction of sp³-hybridized carbons (Fsp3) is 0.111. The number of halogens is 1. The Hall–Kier alpha value is -0.0500. The molecule has 0 aliphatic carbocycles. The van der Waals surface area contributed by atoms with Crippen LogP contribution < -0.4 is 0 Å². The van der Waals surface area contributed by atoms with Crippen molar-refractivity contribution in [3.05, 3.63) is 46.7 Å². The van der Waals surface area contributed by atoms with Gasteiger partial charge in [0.05, 0.1) is 0 Å². The van der Waals surface area contributed by atoms with Gasteiger partial charge in [0.1, 0.15) is 0 Å². The van der Waals surface area contributed by atoms with Crippen molar-refractivity contribution in [2.75, 3.05) is 0 Å². The molecule has 10 heavy (non-hydrogen) atoms. The van der Waals surface area contributed by atoms with Crippen molar-refractivity contribution < 1.29 is 0 Å². The molecule has 2 radical (unpaired) electrons. The molecule has 0 heterocycles. The molecule has 1 heteroatoms. The van der Waals surface area contributed by atoms with E-state index in [4.69, 9.17) is 0 Å². The lowest BCUT2D eigenvalue weighted by atomic mass is 10.1. The zero-order valence-electron chi connectivity index (χ0n) is 5.68. The lowest BCUT2D eigenvalue weighted by Crippen LogP contribution is -1.78. The minimum Gasteiger partial charge on any atom is -0.0577 e. The lowest BCUT2D eigenvalue weighted by molar-refractivity contribution is 1.24. The van der Waals surface area contributed by atoms with Crippen molar-refractivity contribution in [2.45, 2.75) is 6.42 Å². The molecule has 0 spiro atoms. The van der Waals surface area contributed by atoms with E-state index in [9.17, 15) is 0 Å². The highest BCUT2D eigenvalue weighted by Gasteiger charge is 1.89. The number of hydrogen-bond donors (Lipinski definition) is 0. The van der Waals surface area contributed by atoms with E-state index < -0.39 is 0 Å². The average molecular weight is 244 g/mol. The summed E-state index contributed by atoms with van der Waals surface area (Å²) in [4.78, 5) is 0. The minimum absolute atomic E-state index is 0.862. The van der Waals surface area contributed by atoms with E-state index in [0.717, 1.165) is 6.42 Å². The molecule has 0 aliphatic heterocycles. The minimum atomic E-state index is 0.862. The van der Waals surface area contributed by atoms with Crippen molar-refractivity contribution in [1.29, 1.82) is 0 Å². The molecule has 0 unspecified atom stereocenters. The summed E-state index contributed by atoms with van der Waals surface area (Å²) in [5.74, 6) is 0. The Morgan fingerprint density at radius 3 is 2.40 bits per heavy atom. The van der Waals surface area contributed by atoms with Gasteiger partial charge < -0.3 is 0 Å². The fourth-order valence-electron chi connectivity index (χ4n) is 0.766. The third kappa shape index (κ3) is 2.29. The van der Waals surface area contributed by atoms with Gasteiger partial charge in [-0.1, -0.05) is 19.1 Å². The Morgan fingerprint density at radius 2 is 1.90 bits per heavy atom. The molecule has 0 aliphatic rings. The van der Waals surface area contributed by atoms with Crippen LogP contribution in [0, 0.1) is 16.9 Å². The zero-order chi connectivity index (χ0) is 7.40. The topological polar surface area (TPSA) is 0 Å². The SMILES string of the molecule is [CH2]C[CH]c1ccc(I)cc1. The standard InChI is InChI=1S/C9H9I/c1-2-3-8-4-6-9(10)7-5-8/h3-7H,1-2H2. The molecule has 0 N–H and O–H groups in total. The Morgan fingerprint density at radius 1 is 1.30 bits per heavy atom. The van der Waals surface area contributed by atoms with Crippen LogP contribution in [0.2, 0.25) is 0 Å². The van der Waals surface area contributed by atoms with Crippen LogP contribution in [0.15, 0.2) is 24.3 Å². The molecule has 0 aromatic heterocycles. The smallest absolute Gasteiger partial charge is 0.0130 e. The summed E-state index contributed by atoms with van der Waals surface area (Å²) in [6, 6.07) is 8.41. The summed E-state index contributed by atoms with van der Waals surface area (Å²) in [5.41, 5.74) is 1.26. The molecule has 1 aromatic rings. The zero-order valence-corrected chi connectivity index (χ0v) is 7.84. The summed E-state index contributed by atoms with van der Waals surface area (Å²) >= 11 is 2.30. The Kier molecular flexibility index (Phi) is 3.19. The van der Waals surface area contributed by atoms with Gasteiger partial charge in [0.2, 0.25) is 0 Å². The fourth-order valence-corrected chi connectivity index (χ4v) is 1.13. The largest absolute Gasteiger partial charge is 0.0577 e. The maximum atomic E-state index is 3.75. The molecular weight excluding hydrogens is 235 g/mol. The van der Waals surface area contributed by atoms with Crippen molar-refractivity contribution in [1.82, 2.24) is 0 Å². The van der Waals surface area contributed by atoms with Crippen molar-refractivity contribution in [3.8, 4) is 0 Å². The van der Waals surface area contributed by atoms with Crippen molar-refractivity contribution >= 4 is 22.6 Å². The molecule has 0 nitrogen and oxygen atoms in total. The van der Waals surface area contributed by atoms with Gasteiger partial charge in [0.25, 0.3) is 0 Å². The van der Waals surface area contributed by atoms with Crippen LogP contribution in [0.25, 0.3) is 0 Å². The van der Waals surface area contributed by atoms with Crippen LogP contribution in [0.1, 0.15) is 12.0 Å². The molecule has 0 bridgehead atoms. The highest BCUT2D eigenvalue weighted by Crippen LogP contribution is 2.09. The lowest BCUT2D eigenvalue weighted by Gasteiger charge is -1.95. The highest BCUT2D eigenvalue weighted by molar-refractivity contribution is 14.1. The van der Waals surface area contributed by atoms with Crippen LogP contribution in [0.5, 0.6) is 0 Å². The molecular formula is C9H9I. The molecule has 0 fully saturated rings. The predicted octanol–water partition coefficient (Wildman–Crippen LogP) is 3.07. The van der Waals surface area contributed by atoms with E-state index in [1.807, 2.05) is 0 Å². The first kappa shape index (κ1) is 8.05. The summed E-state index contributed by atoms with van der Waals surface area (Å²) in [7, 11) is 0. The Balaban J connectivity index is 2.69. The van der Waals surface area contributed by atoms with Crippen LogP contribution in [0.3, 0.4) is 0 Å². The first-order chi connectivity index (χ1) is 4.83. The van der Waals surface area contributed by atoms with E-state index in [1.165, 1.54) is 9.13 Å². The van der Waals surface area contributed by atoms with Gasteiger partial charge in [0, 0.05) is 3.57 Å². The van der Waals surface area contributed by atoms with Gasteiger partial charge in [-0.05, 0) is 53.1 Å². The second-order valence-electron chi connectivity index (χ2n) is 2.04. The third-order valence-corrected chi connectivity index (χ3v) is 1.97. The predicted molar refractivity (Wildman–Crippen MR) is 52.5 cm³/mol. The summed E-state index contributed by atoms with van der Waals surface area (Å²) in [6.07, 6.45) is 2.97. The summed E-state index contributed by atoms with van der Waals surface area (Å²) in [6.45, 7) is 3.75. The van der Waals surface area contributed by atoms with Crippen LogP contribution in [-0.2, 0) is 0 Å². The third-order valence-electron chi connectivity index (χ3n) is 1.25. The number of benzene rings is 1. The van der Waals surface area contributed by atoms with E-state index in [1.54, 1.807) is 0 Å². The second kappa shape index (κ2) is 3.96. The van der Waals surface area contributed by atoms with Crippen LogP contribution in [-0.4, -0.2) is 0 Å². The van der Waals surface area contributed by atoms with Crippen molar-refractivity contribution in [2.24, 2.45) is 0 Å². The highest BCUT2D eigenvalue weighted by atomic mass is 127. The maximum absolute atomic E-state index is 3.75. The Bertz CT molecular complexity index is 188. The van der Waals surface area contributed by atoms with Gasteiger partial charge in [-0.3, -0.25) is 0 Å². The second-order valence-corrected chi connectivity index (χ2v) is 3.29. The summed E-state index contributed by atoms with van der Waals surface area (Å²) < 4.78 is 1.28. The normalized spacial score (nSPS) is 9.80. The number of hydrogen-bond acceptors (Lipinski definition) is 0. The first-order valence-electron chi connectivity index (χ1n) is 3.21. The molecule has 0 atom stereocenters. The average Bonchev–Trinajstić information content (AvgIpc) is 1.95. The molecule has 0 saturated carbocycles. The van der Waals surface area contributed by atoms with E-state index >= 15 is 0 Å². The molecule has 0 saturated heterocycles. The van der Waals surface area contributed by atoms with Crippen LogP contribution in [0.4, 0.5) is 0 Å². The van der Waals surface area contributed by atoms with E-state index in [-0.39, 0.29) is 0 Å². The van der Waals surface area contributed by atoms with Crippen molar-refractivity contribution in [3.63, 3.8) is 0 Å². The van der Waals surface area contributed by atoms with Crippen LogP contribution >= 0.6 is 22.6 Å². The molecule has 52 valence electrons.